The van der Waals surface area contributed by atoms with Crippen LogP contribution < -0.4 is 0 Å². The highest BCUT2D eigenvalue weighted by atomic mass is 16.5. The SMILES string of the molecule is Cc1cnc(C(=O)N2CCCN(CC(=O)N3CCOCC3)CC2)cn1. The molecule has 0 spiro atoms. The van der Waals surface area contributed by atoms with Crippen molar-refractivity contribution < 1.29 is 14.3 Å². The van der Waals surface area contributed by atoms with E-state index in [9.17, 15) is 9.59 Å². The van der Waals surface area contributed by atoms with Crippen LogP contribution in [0.1, 0.15) is 22.6 Å². The van der Waals surface area contributed by atoms with E-state index in [1.165, 1.54) is 6.20 Å². The van der Waals surface area contributed by atoms with Gasteiger partial charge in [0.15, 0.2) is 0 Å². The maximum absolute atomic E-state index is 12.6. The first kappa shape index (κ1) is 17.8. The predicted octanol–water partition coefficient (Wildman–Crippen LogP) is -0.208. The summed E-state index contributed by atoms with van der Waals surface area (Å²) in [6.45, 7) is 7.62. The second-order valence-corrected chi connectivity index (χ2v) is 6.46. The standard InChI is InChI=1S/C17H25N5O3/c1-14-11-19-15(12-18-14)17(24)22-4-2-3-20(5-6-22)13-16(23)21-7-9-25-10-8-21/h11-12H,2-10,13H2,1H3. The maximum Gasteiger partial charge on any atom is 0.274 e. The Labute approximate surface area is 147 Å². The Morgan fingerprint density at radius 1 is 1.00 bits per heavy atom. The highest BCUT2D eigenvalue weighted by molar-refractivity contribution is 5.92. The molecule has 25 heavy (non-hydrogen) atoms. The maximum atomic E-state index is 12.6. The van der Waals surface area contributed by atoms with Gasteiger partial charge in [0.25, 0.3) is 5.91 Å². The van der Waals surface area contributed by atoms with E-state index in [0.717, 1.165) is 18.7 Å². The molecule has 136 valence electrons. The Morgan fingerprint density at radius 2 is 1.80 bits per heavy atom. The van der Waals surface area contributed by atoms with Crippen molar-refractivity contribution in [3.8, 4) is 0 Å². The molecule has 0 radical (unpaired) electrons. The summed E-state index contributed by atoms with van der Waals surface area (Å²) in [5.74, 6) is 0.0568. The molecule has 3 rings (SSSR count). The van der Waals surface area contributed by atoms with Gasteiger partial charge in [-0.05, 0) is 13.3 Å². The minimum absolute atomic E-state index is 0.0890. The summed E-state index contributed by atoms with van der Waals surface area (Å²) in [7, 11) is 0. The molecule has 0 bridgehead atoms. The van der Waals surface area contributed by atoms with Gasteiger partial charge >= 0.3 is 0 Å². The Balaban J connectivity index is 1.52. The molecule has 0 N–H and O–H groups in total. The lowest BCUT2D eigenvalue weighted by molar-refractivity contribution is -0.136. The van der Waals surface area contributed by atoms with E-state index in [2.05, 4.69) is 14.9 Å². The van der Waals surface area contributed by atoms with Crippen molar-refractivity contribution in [2.75, 3.05) is 59.0 Å². The third kappa shape index (κ3) is 4.73. The van der Waals surface area contributed by atoms with E-state index in [4.69, 9.17) is 4.74 Å². The Hall–Kier alpha value is -2.06. The minimum atomic E-state index is -0.0890. The average molecular weight is 347 g/mol. The number of amides is 2. The van der Waals surface area contributed by atoms with Crippen molar-refractivity contribution in [1.29, 1.82) is 0 Å². The van der Waals surface area contributed by atoms with Crippen LogP contribution in [0.2, 0.25) is 0 Å². The van der Waals surface area contributed by atoms with Gasteiger partial charge in [-0.2, -0.15) is 0 Å². The lowest BCUT2D eigenvalue weighted by Gasteiger charge is -2.29. The lowest BCUT2D eigenvalue weighted by Crippen LogP contribution is -2.46. The molecule has 0 aliphatic carbocycles. The molecule has 8 heteroatoms. The summed E-state index contributed by atoms with van der Waals surface area (Å²) in [5, 5.41) is 0. The van der Waals surface area contributed by atoms with Gasteiger partial charge in [0, 0.05) is 45.5 Å². The first-order chi connectivity index (χ1) is 12.1. The highest BCUT2D eigenvalue weighted by Crippen LogP contribution is 2.08. The largest absolute Gasteiger partial charge is 0.378 e. The van der Waals surface area contributed by atoms with Gasteiger partial charge in [0.2, 0.25) is 5.91 Å². The number of morpholine rings is 1. The molecule has 2 aliphatic heterocycles. The van der Waals surface area contributed by atoms with E-state index in [1.807, 2.05) is 11.8 Å². The summed E-state index contributed by atoms with van der Waals surface area (Å²) in [5.41, 5.74) is 1.17. The van der Waals surface area contributed by atoms with Crippen molar-refractivity contribution in [3.63, 3.8) is 0 Å². The summed E-state index contributed by atoms with van der Waals surface area (Å²) in [4.78, 5) is 39.0. The number of nitrogens with zero attached hydrogens (tertiary/aromatic N) is 5. The number of carbonyl (C=O) groups is 2. The molecule has 2 amide bonds. The van der Waals surface area contributed by atoms with Crippen molar-refractivity contribution in [2.24, 2.45) is 0 Å². The van der Waals surface area contributed by atoms with Crippen molar-refractivity contribution in [1.82, 2.24) is 24.7 Å². The third-order valence-electron chi connectivity index (χ3n) is 4.60. The van der Waals surface area contributed by atoms with Gasteiger partial charge in [-0.1, -0.05) is 0 Å². The summed E-state index contributed by atoms with van der Waals surface area (Å²) >= 11 is 0. The van der Waals surface area contributed by atoms with Gasteiger partial charge in [-0.25, -0.2) is 4.98 Å². The summed E-state index contributed by atoms with van der Waals surface area (Å²) in [6, 6.07) is 0. The van der Waals surface area contributed by atoms with Crippen LogP contribution in [-0.4, -0.2) is 95.5 Å². The Bertz CT molecular complexity index is 601. The quantitative estimate of drug-likeness (QED) is 0.753. The van der Waals surface area contributed by atoms with Crippen molar-refractivity contribution in [3.05, 3.63) is 23.8 Å². The number of aromatic nitrogens is 2. The van der Waals surface area contributed by atoms with Crippen LogP contribution in [0.15, 0.2) is 12.4 Å². The van der Waals surface area contributed by atoms with Crippen LogP contribution in [0.4, 0.5) is 0 Å². The van der Waals surface area contributed by atoms with E-state index in [-0.39, 0.29) is 11.8 Å². The van der Waals surface area contributed by atoms with Crippen molar-refractivity contribution >= 4 is 11.8 Å². The molecule has 1 aromatic heterocycles. The monoisotopic (exact) mass is 347 g/mol. The molecule has 0 aromatic carbocycles. The first-order valence-electron chi connectivity index (χ1n) is 8.79. The van der Waals surface area contributed by atoms with E-state index < -0.39 is 0 Å². The second-order valence-electron chi connectivity index (χ2n) is 6.46. The van der Waals surface area contributed by atoms with Gasteiger partial charge in [-0.15, -0.1) is 0 Å². The molecule has 0 saturated carbocycles. The van der Waals surface area contributed by atoms with E-state index in [1.54, 1.807) is 11.1 Å². The highest BCUT2D eigenvalue weighted by Gasteiger charge is 2.24. The van der Waals surface area contributed by atoms with Gasteiger partial charge in [0.1, 0.15) is 5.69 Å². The number of carbonyl (C=O) groups excluding carboxylic acids is 2. The zero-order chi connectivity index (χ0) is 17.6. The van der Waals surface area contributed by atoms with Gasteiger partial charge in [0.05, 0.1) is 31.6 Å². The predicted molar refractivity (Wildman–Crippen MR) is 91.1 cm³/mol. The topological polar surface area (TPSA) is 78.9 Å². The van der Waals surface area contributed by atoms with Crippen LogP contribution in [0.25, 0.3) is 0 Å². The Kier molecular flexibility index (Phi) is 5.93. The molecule has 2 saturated heterocycles. The van der Waals surface area contributed by atoms with Crippen LogP contribution in [-0.2, 0) is 9.53 Å². The zero-order valence-corrected chi connectivity index (χ0v) is 14.7. The van der Waals surface area contributed by atoms with Gasteiger partial charge in [-0.3, -0.25) is 19.5 Å². The van der Waals surface area contributed by atoms with E-state index >= 15 is 0 Å². The molecule has 8 nitrogen and oxygen atoms in total. The fourth-order valence-electron chi connectivity index (χ4n) is 3.10. The third-order valence-corrected chi connectivity index (χ3v) is 4.60. The summed E-state index contributed by atoms with van der Waals surface area (Å²) in [6.07, 6.45) is 3.99. The normalized spacial score (nSPS) is 19.6. The van der Waals surface area contributed by atoms with Crippen LogP contribution >= 0.6 is 0 Å². The number of rotatable bonds is 3. The molecular formula is C17H25N5O3. The van der Waals surface area contributed by atoms with Crippen LogP contribution in [0.3, 0.4) is 0 Å². The number of hydrogen-bond donors (Lipinski definition) is 0. The molecular weight excluding hydrogens is 322 g/mol. The summed E-state index contributed by atoms with van der Waals surface area (Å²) < 4.78 is 5.29. The minimum Gasteiger partial charge on any atom is -0.378 e. The molecule has 2 aliphatic rings. The number of aryl methyl sites for hydroxylation is 1. The second kappa shape index (κ2) is 8.35. The molecule has 0 atom stereocenters. The van der Waals surface area contributed by atoms with Crippen LogP contribution in [0.5, 0.6) is 0 Å². The fourth-order valence-corrected chi connectivity index (χ4v) is 3.10. The van der Waals surface area contributed by atoms with Gasteiger partial charge < -0.3 is 14.5 Å². The van der Waals surface area contributed by atoms with E-state index in [0.29, 0.717) is 58.2 Å². The van der Waals surface area contributed by atoms with Crippen molar-refractivity contribution in [2.45, 2.75) is 13.3 Å². The molecule has 1 aromatic rings. The van der Waals surface area contributed by atoms with Crippen LogP contribution in [0, 0.1) is 6.92 Å². The number of hydrogen-bond acceptors (Lipinski definition) is 6. The molecule has 3 heterocycles. The molecule has 2 fully saturated rings. The zero-order valence-electron chi connectivity index (χ0n) is 14.7. The Morgan fingerprint density at radius 3 is 2.52 bits per heavy atom. The lowest BCUT2D eigenvalue weighted by atomic mass is 10.3. The number of ether oxygens (including phenoxy) is 1. The molecule has 0 unspecified atom stereocenters. The fraction of sp³-hybridized carbons (Fsp3) is 0.647. The average Bonchev–Trinajstić information content (AvgIpc) is 2.88. The smallest absolute Gasteiger partial charge is 0.274 e. The first-order valence-corrected chi connectivity index (χ1v) is 8.79.